The minimum absolute atomic E-state index is 0.133. The van der Waals surface area contributed by atoms with E-state index in [1.54, 1.807) is 0 Å². The first-order valence-electron chi connectivity index (χ1n) is 8.79. The molecule has 0 fully saturated rings. The van der Waals surface area contributed by atoms with Crippen LogP contribution < -0.4 is 27.8 Å². The van der Waals surface area contributed by atoms with E-state index in [0.29, 0.717) is 25.1 Å². The summed E-state index contributed by atoms with van der Waals surface area (Å²) < 4.78 is 0. The zero-order valence-corrected chi connectivity index (χ0v) is 15.4. The van der Waals surface area contributed by atoms with E-state index in [4.69, 9.17) is 17.2 Å². The SMILES string of the molecule is NCCCC[C@H](NC(=O)[C@H](CC(N)=O)NC(=O)[C@@H](N)Cc1cnc[nH]1)C(=O)O. The fraction of sp³-hybridized carbons (Fsp3) is 0.562. The third kappa shape index (κ3) is 8.14. The molecule has 0 aromatic carbocycles. The Morgan fingerprint density at radius 2 is 1.82 bits per heavy atom. The molecule has 156 valence electrons. The van der Waals surface area contributed by atoms with Gasteiger partial charge in [0.2, 0.25) is 17.7 Å². The topological polar surface area (TPSA) is 219 Å². The number of unbranched alkanes of at least 4 members (excludes halogenated alkanes) is 1. The summed E-state index contributed by atoms with van der Waals surface area (Å²) in [5, 5.41) is 13.9. The number of imidazole rings is 1. The summed E-state index contributed by atoms with van der Waals surface area (Å²) in [7, 11) is 0. The van der Waals surface area contributed by atoms with Crippen molar-refractivity contribution in [3.05, 3.63) is 18.2 Å². The number of aromatic amines is 1. The van der Waals surface area contributed by atoms with E-state index in [1.165, 1.54) is 12.5 Å². The van der Waals surface area contributed by atoms with Gasteiger partial charge in [-0.2, -0.15) is 0 Å². The van der Waals surface area contributed by atoms with Gasteiger partial charge in [-0.15, -0.1) is 0 Å². The smallest absolute Gasteiger partial charge is 0.326 e. The van der Waals surface area contributed by atoms with Gasteiger partial charge >= 0.3 is 5.97 Å². The molecule has 3 amide bonds. The highest BCUT2D eigenvalue weighted by atomic mass is 16.4. The van der Waals surface area contributed by atoms with Gasteiger partial charge in [-0.3, -0.25) is 14.4 Å². The first-order valence-corrected chi connectivity index (χ1v) is 8.79. The highest BCUT2D eigenvalue weighted by Gasteiger charge is 2.29. The number of amides is 3. The molecule has 12 heteroatoms. The molecule has 3 atom stereocenters. The molecule has 0 aliphatic rings. The van der Waals surface area contributed by atoms with Gasteiger partial charge in [0.1, 0.15) is 12.1 Å². The van der Waals surface area contributed by atoms with Crippen LogP contribution in [0.25, 0.3) is 0 Å². The largest absolute Gasteiger partial charge is 0.480 e. The van der Waals surface area contributed by atoms with Crippen LogP contribution in [0, 0.1) is 0 Å². The van der Waals surface area contributed by atoms with Crippen LogP contribution in [-0.2, 0) is 25.6 Å². The molecular formula is C16H27N7O5. The van der Waals surface area contributed by atoms with Crippen LogP contribution in [0.1, 0.15) is 31.4 Å². The first-order chi connectivity index (χ1) is 13.2. The summed E-state index contributed by atoms with van der Waals surface area (Å²) >= 11 is 0. The van der Waals surface area contributed by atoms with E-state index in [0.717, 1.165) is 0 Å². The van der Waals surface area contributed by atoms with E-state index < -0.39 is 48.2 Å². The fourth-order valence-corrected chi connectivity index (χ4v) is 2.44. The van der Waals surface area contributed by atoms with Crippen molar-refractivity contribution in [1.29, 1.82) is 0 Å². The molecule has 0 aliphatic heterocycles. The van der Waals surface area contributed by atoms with Crippen LogP contribution in [0.2, 0.25) is 0 Å². The number of aromatic nitrogens is 2. The Morgan fingerprint density at radius 1 is 1.14 bits per heavy atom. The summed E-state index contributed by atoms with van der Waals surface area (Å²) in [6, 6.07) is -3.53. The Morgan fingerprint density at radius 3 is 2.36 bits per heavy atom. The number of carboxylic acid groups (broad SMARTS) is 1. The quantitative estimate of drug-likeness (QED) is 0.174. The first kappa shape index (κ1) is 23.0. The number of rotatable bonds is 13. The second-order valence-corrected chi connectivity index (χ2v) is 6.30. The van der Waals surface area contributed by atoms with E-state index in [9.17, 15) is 24.3 Å². The number of nitrogens with one attached hydrogen (secondary N) is 3. The maximum atomic E-state index is 12.4. The van der Waals surface area contributed by atoms with Crippen molar-refractivity contribution in [2.75, 3.05) is 6.54 Å². The molecule has 12 nitrogen and oxygen atoms in total. The summed E-state index contributed by atoms with van der Waals surface area (Å²) in [6.45, 7) is 0.398. The number of nitrogens with two attached hydrogens (primary N) is 3. The molecule has 0 spiro atoms. The van der Waals surface area contributed by atoms with Crippen molar-refractivity contribution in [1.82, 2.24) is 20.6 Å². The molecule has 0 unspecified atom stereocenters. The summed E-state index contributed by atoms with van der Waals surface area (Å²) in [6.07, 6.45) is 3.82. The molecule has 10 N–H and O–H groups in total. The maximum absolute atomic E-state index is 12.4. The number of primary amides is 1. The lowest BCUT2D eigenvalue weighted by atomic mass is 10.1. The molecule has 1 heterocycles. The van der Waals surface area contributed by atoms with Crippen molar-refractivity contribution in [3.63, 3.8) is 0 Å². The Balaban J connectivity index is 2.73. The Hall–Kier alpha value is -2.99. The van der Waals surface area contributed by atoms with E-state index >= 15 is 0 Å². The number of hydrogen-bond donors (Lipinski definition) is 7. The van der Waals surface area contributed by atoms with Crippen molar-refractivity contribution < 1.29 is 24.3 Å². The van der Waals surface area contributed by atoms with Gasteiger partial charge in [0, 0.05) is 18.3 Å². The van der Waals surface area contributed by atoms with Crippen LogP contribution in [0.5, 0.6) is 0 Å². The van der Waals surface area contributed by atoms with E-state index in [-0.39, 0.29) is 12.8 Å². The molecule has 0 aliphatic carbocycles. The summed E-state index contributed by atoms with van der Waals surface area (Å²) in [4.78, 5) is 53.9. The van der Waals surface area contributed by atoms with Crippen molar-refractivity contribution >= 4 is 23.7 Å². The van der Waals surface area contributed by atoms with Crippen LogP contribution in [0.4, 0.5) is 0 Å². The average Bonchev–Trinajstić information content (AvgIpc) is 3.12. The Labute approximate surface area is 161 Å². The van der Waals surface area contributed by atoms with Gasteiger partial charge in [-0.1, -0.05) is 0 Å². The van der Waals surface area contributed by atoms with E-state index in [2.05, 4.69) is 20.6 Å². The lowest BCUT2D eigenvalue weighted by Crippen LogP contribution is -2.55. The third-order valence-corrected chi connectivity index (χ3v) is 3.93. The highest BCUT2D eigenvalue weighted by molar-refractivity contribution is 5.94. The summed E-state index contributed by atoms with van der Waals surface area (Å²) in [5.41, 5.74) is 16.9. The van der Waals surface area contributed by atoms with E-state index in [1.807, 2.05) is 0 Å². The third-order valence-electron chi connectivity index (χ3n) is 3.93. The number of H-pyrrole nitrogens is 1. The molecule has 0 bridgehead atoms. The predicted molar refractivity (Wildman–Crippen MR) is 98.5 cm³/mol. The average molecular weight is 397 g/mol. The maximum Gasteiger partial charge on any atom is 0.326 e. The second kappa shape index (κ2) is 11.7. The van der Waals surface area contributed by atoms with Gasteiger partial charge in [0.25, 0.3) is 0 Å². The molecular weight excluding hydrogens is 370 g/mol. The standard InChI is InChI=1S/C16H27N7O5/c17-4-2-1-3-11(16(27)28)22-15(26)12(6-13(19)24)23-14(25)10(18)5-9-7-20-8-21-9/h7-8,10-12H,1-6,17-18H2,(H2,19,24)(H,20,21)(H,22,26)(H,23,25)(H,27,28)/t10-,11-,12-/m0/s1. The molecule has 1 aromatic rings. The number of hydrogen-bond acceptors (Lipinski definition) is 7. The van der Waals surface area contributed by atoms with Crippen LogP contribution in [-0.4, -0.2) is 63.4 Å². The van der Waals surface area contributed by atoms with Crippen LogP contribution in [0.3, 0.4) is 0 Å². The van der Waals surface area contributed by atoms with Gasteiger partial charge in [-0.05, 0) is 25.8 Å². The van der Waals surface area contributed by atoms with Crippen LogP contribution >= 0.6 is 0 Å². The monoisotopic (exact) mass is 397 g/mol. The molecule has 0 saturated carbocycles. The minimum Gasteiger partial charge on any atom is -0.480 e. The lowest BCUT2D eigenvalue weighted by molar-refractivity contribution is -0.142. The number of carbonyl (C=O) groups excluding carboxylic acids is 3. The van der Waals surface area contributed by atoms with Crippen LogP contribution in [0.15, 0.2) is 12.5 Å². The number of aliphatic carboxylic acids is 1. The van der Waals surface area contributed by atoms with Crippen molar-refractivity contribution in [2.45, 2.75) is 50.2 Å². The normalized spacial score (nSPS) is 13.9. The molecule has 0 saturated heterocycles. The Bertz CT molecular complexity index is 664. The van der Waals surface area contributed by atoms with Crippen molar-refractivity contribution in [2.24, 2.45) is 17.2 Å². The zero-order valence-electron chi connectivity index (χ0n) is 15.4. The minimum atomic E-state index is -1.34. The second-order valence-electron chi connectivity index (χ2n) is 6.30. The molecule has 1 aromatic heterocycles. The number of carbonyl (C=O) groups is 4. The van der Waals surface area contributed by atoms with Gasteiger partial charge in [-0.25, -0.2) is 9.78 Å². The molecule has 0 radical (unpaired) electrons. The Kier molecular flexibility index (Phi) is 9.60. The lowest BCUT2D eigenvalue weighted by Gasteiger charge is -2.22. The van der Waals surface area contributed by atoms with Crippen molar-refractivity contribution in [3.8, 4) is 0 Å². The number of carboxylic acids is 1. The fourth-order valence-electron chi connectivity index (χ4n) is 2.44. The molecule has 28 heavy (non-hydrogen) atoms. The van der Waals surface area contributed by atoms with Gasteiger partial charge < -0.3 is 37.9 Å². The highest BCUT2D eigenvalue weighted by Crippen LogP contribution is 2.03. The zero-order chi connectivity index (χ0) is 21.1. The number of nitrogens with zero attached hydrogens (tertiary/aromatic N) is 1. The van der Waals surface area contributed by atoms with Gasteiger partial charge in [0.05, 0.1) is 18.8 Å². The van der Waals surface area contributed by atoms with Gasteiger partial charge in [0.15, 0.2) is 0 Å². The molecule has 1 rings (SSSR count). The predicted octanol–water partition coefficient (Wildman–Crippen LogP) is -2.66. The summed E-state index contributed by atoms with van der Waals surface area (Å²) in [5.74, 6) is -3.59.